The van der Waals surface area contributed by atoms with Crippen molar-refractivity contribution in [1.29, 1.82) is 0 Å². The second-order valence-electron chi connectivity index (χ2n) is 9.80. The van der Waals surface area contributed by atoms with Gasteiger partial charge in [0.25, 0.3) is 0 Å². The number of methoxy groups -OCH3 is 1. The number of thioether (sulfide) groups is 1. The number of rotatable bonds is 10. The smallest absolute Gasteiger partial charge is 0.0906 e. The lowest BCUT2D eigenvalue weighted by molar-refractivity contribution is 0.0142. The number of nitrogens with one attached hydrogen (secondary N) is 1. The molecule has 2 aromatic rings. The van der Waals surface area contributed by atoms with Gasteiger partial charge in [0.2, 0.25) is 0 Å². The summed E-state index contributed by atoms with van der Waals surface area (Å²) in [5.41, 5.74) is 3.42. The van der Waals surface area contributed by atoms with E-state index in [1.807, 2.05) is 18.9 Å². The van der Waals surface area contributed by atoms with Crippen molar-refractivity contribution in [2.24, 2.45) is 11.8 Å². The summed E-state index contributed by atoms with van der Waals surface area (Å²) in [6.07, 6.45) is 7.17. The topological polar surface area (TPSA) is 24.5 Å². The minimum atomic E-state index is 0.113. The fourth-order valence-electron chi connectivity index (χ4n) is 5.62. The predicted octanol–water partition coefficient (Wildman–Crippen LogP) is 6.24. The molecular formula is C29H40N2OS. The summed E-state index contributed by atoms with van der Waals surface area (Å²) in [4.78, 5) is 3.96. The maximum atomic E-state index is 6.15. The predicted molar refractivity (Wildman–Crippen MR) is 142 cm³/mol. The van der Waals surface area contributed by atoms with Gasteiger partial charge in [-0.3, -0.25) is 0 Å². The van der Waals surface area contributed by atoms with E-state index in [1.165, 1.54) is 61.2 Å². The molecule has 0 spiro atoms. The van der Waals surface area contributed by atoms with Crippen LogP contribution in [-0.2, 0) is 4.74 Å². The monoisotopic (exact) mass is 464 g/mol. The largest absolute Gasteiger partial charge is 0.379 e. The Balaban J connectivity index is 1.45. The Hall–Kier alpha value is -1.75. The molecule has 2 fully saturated rings. The SMILES string of the molecule is C=C(NC(CSc1ccccc1)C(CN1CCC2CCCCC2C1)OC)c1ccccc1C. The van der Waals surface area contributed by atoms with Gasteiger partial charge in [-0.25, -0.2) is 0 Å². The molecule has 0 amide bonds. The molecule has 2 aliphatic rings. The maximum Gasteiger partial charge on any atom is 0.0906 e. The highest BCUT2D eigenvalue weighted by atomic mass is 32.2. The minimum Gasteiger partial charge on any atom is -0.379 e. The molecule has 4 rings (SSSR count). The lowest BCUT2D eigenvalue weighted by Gasteiger charge is -2.43. The lowest BCUT2D eigenvalue weighted by atomic mass is 9.75. The van der Waals surface area contributed by atoms with Gasteiger partial charge in [0, 0.05) is 36.5 Å². The number of hydrogen-bond donors (Lipinski definition) is 1. The Morgan fingerprint density at radius 2 is 1.79 bits per heavy atom. The summed E-state index contributed by atoms with van der Waals surface area (Å²) in [6, 6.07) is 19.3. The number of ether oxygens (including phenoxy) is 1. The standard InChI is InChI=1S/C29H40N2OS/c1-22-11-7-10-16-27(22)23(2)30-28(21-33-26-14-5-4-6-15-26)29(32-3)20-31-18-17-24-12-8-9-13-25(24)19-31/h4-7,10-11,14-16,24-25,28-30H,2,8-9,12-13,17-21H2,1,3H3. The molecule has 0 aromatic heterocycles. The van der Waals surface area contributed by atoms with Crippen molar-refractivity contribution in [3.8, 4) is 0 Å². The Labute approximate surface area is 205 Å². The molecule has 4 heteroatoms. The summed E-state index contributed by atoms with van der Waals surface area (Å²) >= 11 is 1.89. The fourth-order valence-corrected chi connectivity index (χ4v) is 6.64. The third kappa shape index (κ3) is 6.65. The normalized spacial score (nSPS) is 22.8. The second-order valence-corrected chi connectivity index (χ2v) is 10.9. The fraction of sp³-hybridized carbons (Fsp3) is 0.517. The number of fused-ring (bicyclic) bond motifs is 1. The van der Waals surface area contributed by atoms with Crippen molar-refractivity contribution < 1.29 is 4.74 Å². The third-order valence-electron chi connectivity index (χ3n) is 7.57. The molecule has 4 unspecified atom stereocenters. The molecule has 178 valence electrons. The summed E-state index contributed by atoms with van der Waals surface area (Å²) < 4.78 is 6.15. The summed E-state index contributed by atoms with van der Waals surface area (Å²) in [5, 5.41) is 3.77. The van der Waals surface area contributed by atoms with Gasteiger partial charge in [-0.1, -0.05) is 68.3 Å². The number of aryl methyl sites for hydroxylation is 1. The first kappa shape index (κ1) is 24.4. The van der Waals surface area contributed by atoms with E-state index in [1.54, 1.807) is 0 Å². The van der Waals surface area contributed by atoms with Gasteiger partial charge >= 0.3 is 0 Å². The van der Waals surface area contributed by atoms with Crippen molar-refractivity contribution in [2.45, 2.75) is 56.1 Å². The Kier molecular flexibility index (Phi) is 8.94. The van der Waals surface area contributed by atoms with Crippen molar-refractivity contribution in [3.05, 3.63) is 72.3 Å². The average molecular weight is 465 g/mol. The van der Waals surface area contributed by atoms with Crippen LogP contribution >= 0.6 is 11.8 Å². The maximum absolute atomic E-state index is 6.15. The number of piperidine rings is 1. The molecule has 4 atom stereocenters. The van der Waals surface area contributed by atoms with Crippen LogP contribution in [0.25, 0.3) is 5.70 Å². The van der Waals surface area contributed by atoms with Gasteiger partial charge in [0.1, 0.15) is 0 Å². The van der Waals surface area contributed by atoms with Crippen molar-refractivity contribution in [2.75, 3.05) is 32.5 Å². The quantitative estimate of drug-likeness (QED) is 0.421. The van der Waals surface area contributed by atoms with Crippen LogP contribution in [0.5, 0.6) is 0 Å². The molecule has 0 bridgehead atoms. The first-order valence-electron chi connectivity index (χ1n) is 12.6. The number of benzene rings is 2. The Morgan fingerprint density at radius 1 is 1.06 bits per heavy atom. The average Bonchev–Trinajstić information content (AvgIpc) is 2.86. The van der Waals surface area contributed by atoms with E-state index in [0.717, 1.165) is 29.8 Å². The molecule has 1 heterocycles. The van der Waals surface area contributed by atoms with Gasteiger partial charge in [0.05, 0.1) is 12.1 Å². The van der Waals surface area contributed by atoms with Crippen LogP contribution in [0.2, 0.25) is 0 Å². The molecule has 33 heavy (non-hydrogen) atoms. The van der Waals surface area contributed by atoms with Gasteiger partial charge < -0.3 is 15.0 Å². The Morgan fingerprint density at radius 3 is 2.55 bits per heavy atom. The molecule has 1 aliphatic heterocycles. The molecule has 3 nitrogen and oxygen atoms in total. The van der Waals surface area contributed by atoms with E-state index < -0.39 is 0 Å². The zero-order valence-corrected chi connectivity index (χ0v) is 21.2. The van der Waals surface area contributed by atoms with E-state index in [0.29, 0.717) is 0 Å². The zero-order valence-electron chi connectivity index (χ0n) is 20.3. The van der Waals surface area contributed by atoms with Crippen LogP contribution in [0.1, 0.15) is 43.2 Å². The highest BCUT2D eigenvalue weighted by Gasteiger charge is 2.33. The summed E-state index contributed by atoms with van der Waals surface area (Å²) in [5.74, 6) is 2.78. The van der Waals surface area contributed by atoms with Crippen molar-refractivity contribution in [3.63, 3.8) is 0 Å². The minimum absolute atomic E-state index is 0.113. The van der Waals surface area contributed by atoms with Gasteiger partial charge in [-0.15, -0.1) is 11.8 Å². The molecule has 0 radical (unpaired) electrons. The van der Waals surface area contributed by atoms with Crippen LogP contribution in [0, 0.1) is 18.8 Å². The highest BCUT2D eigenvalue weighted by molar-refractivity contribution is 7.99. The third-order valence-corrected chi connectivity index (χ3v) is 8.70. The van der Waals surface area contributed by atoms with Crippen LogP contribution in [0.4, 0.5) is 0 Å². The molecular weight excluding hydrogens is 424 g/mol. The highest BCUT2D eigenvalue weighted by Crippen LogP contribution is 2.36. The van der Waals surface area contributed by atoms with Crippen molar-refractivity contribution in [1.82, 2.24) is 10.2 Å². The number of likely N-dealkylation sites (tertiary alicyclic amines) is 1. The Bertz CT molecular complexity index is 886. The van der Waals surface area contributed by atoms with E-state index >= 15 is 0 Å². The van der Waals surface area contributed by atoms with Gasteiger partial charge in [0.15, 0.2) is 0 Å². The van der Waals surface area contributed by atoms with Crippen LogP contribution in [-0.4, -0.2) is 49.5 Å². The zero-order chi connectivity index (χ0) is 23.0. The lowest BCUT2D eigenvalue weighted by Crippen LogP contribution is -2.51. The van der Waals surface area contributed by atoms with Crippen LogP contribution < -0.4 is 5.32 Å². The molecule has 1 saturated carbocycles. The van der Waals surface area contributed by atoms with E-state index in [-0.39, 0.29) is 12.1 Å². The molecule has 1 N–H and O–H groups in total. The molecule has 1 saturated heterocycles. The number of hydrogen-bond acceptors (Lipinski definition) is 4. The summed E-state index contributed by atoms with van der Waals surface area (Å²) in [6.45, 7) is 9.98. The summed E-state index contributed by atoms with van der Waals surface area (Å²) in [7, 11) is 1.87. The van der Waals surface area contributed by atoms with Gasteiger partial charge in [-0.05, 0) is 61.4 Å². The first-order valence-corrected chi connectivity index (χ1v) is 13.6. The van der Waals surface area contributed by atoms with Crippen LogP contribution in [0.15, 0.2) is 66.1 Å². The van der Waals surface area contributed by atoms with Gasteiger partial charge in [-0.2, -0.15) is 0 Å². The molecule has 1 aliphatic carbocycles. The van der Waals surface area contributed by atoms with E-state index in [2.05, 4.69) is 78.3 Å². The number of nitrogens with zero attached hydrogens (tertiary/aromatic N) is 1. The van der Waals surface area contributed by atoms with Crippen LogP contribution in [0.3, 0.4) is 0 Å². The van der Waals surface area contributed by atoms with Crippen molar-refractivity contribution >= 4 is 17.5 Å². The molecule has 2 aromatic carbocycles. The second kappa shape index (κ2) is 12.1. The van der Waals surface area contributed by atoms with E-state index in [4.69, 9.17) is 4.74 Å². The van der Waals surface area contributed by atoms with E-state index in [9.17, 15) is 0 Å². The first-order chi connectivity index (χ1) is 16.1.